The largest absolute Gasteiger partial charge is 0.454 e. The smallest absolute Gasteiger partial charge is 0.237 e. The van der Waals surface area contributed by atoms with Gasteiger partial charge in [0.2, 0.25) is 12.7 Å². The fraction of sp³-hybridized carbons (Fsp3) is 0.269. The van der Waals surface area contributed by atoms with Crippen molar-refractivity contribution in [2.75, 3.05) is 12.1 Å². The van der Waals surface area contributed by atoms with Gasteiger partial charge in [-0.1, -0.05) is 42.1 Å². The van der Waals surface area contributed by atoms with E-state index in [1.54, 1.807) is 18.2 Å². The van der Waals surface area contributed by atoms with E-state index in [1.807, 2.05) is 19.1 Å². The Bertz CT molecular complexity index is 1240. The van der Waals surface area contributed by atoms with E-state index >= 15 is 0 Å². The van der Waals surface area contributed by atoms with Crippen LogP contribution in [0.2, 0.25) is 0 Å². The van der Waals surface area contributed by atoms with Gasteiger partial charge in [0, 0.05) is 17.4 Å². The number of thioether (sulfide) groups is 1. The highest BCUT2D eigenvalue weighted by atomic mass is 32.2. The number of fused-ring (bicyclic) bond motifs is 2. The van der Waals surface area contributed by atoms with Crippen LogP contribution in [-0.2, 0) is 17.6 Å². The van der Waals surface area contributed by atoms with Crippen molar-refractivity contribution in [3.63, 3.8) is 0 Å². The fourth-order valence-electron chi connectivity index (χ4n) is 4.26. The lowest BCUT2D eigenvalue weighted by molar-refractivity contribution is -0.115. The SMILES string of the molecule is CC(Sc1nc2c(cc1C#N)CC(c1ccccc1)CC2)C(=O)Nc1ccc2c(c1)OCO2. The molecular formula is C26H23N3O3S. The molecule has 0 fully saturated rings. The number of benzene rings is 2. The predicted octanol–water partition coefficient (Wildman–Crippen LogP) is 5.07. The molecule has 0 spiro atoms. The number of carbonyl (C=O) groups excluding carboxylic acids is 1. The standard InChI is InChI=1S/C26H23N3O3S/c1-16(25(30)28-21-8-10-23-24(13-21)32-15-31-23)33-26-20(14-27)12-19-11-18(7-9-22(19)29-26)17-5-3-2-4-6-17/h2-6,8,10,12-13,16,18H,7,9,11,15H2,1H3,(H,28,30). The molecule has 3 aromatic rings. The average Bonchev–Trinajstić information content (AvgIpc) is 3.31. The van der Waals surface area contributed by atoms with Crippen molar-refractivity contribution in [2.45, 2.75) is 42.4 Å². The van der Waals surface area contributed by atoms with Crippen molar-refractivity contribution >= 4 is 23.4 Å². The Kier molecular flexibility index (Phi) is 5.93. The van der Waals surface area contributed by atoms with E-state index in [9.17, 15) is 10.1 Å². The number of nitrogens with zero attached hydrogens (tertiary/aromatic N) is 2. The van der Waals surface area contributed by atoms with E-state index in [4.69, 9.17) is 14.5 Å². The molecule has 1 aliphatic heterocycles. The van der Waals surface area contributed by atoms with Crippen LogP contribution in [0.5, 0.6) is 11.5 Å². The number of hydrogen-bond donors (Lipinski definition) is 1. The number of carbonyl (C=O) groups is 1. The highest BCUT2D eigenvalue weighted by Crippen LogP contribution is 2.36. The Morgan fingerprint density at radius 3 is 2.82 bits per heavy atom. The van der Waals surface area contributed by atoms with Crippen molar-refractivity contribution in [1.82, 2.24) is 4.98 Å². The highest BCUT2D eigenvalue weighted by molar-refractivity contribution is 8.00. The van der Waals surface area contributed by atoms with Gasteiger partial charge in [-0.2, -0.15) is 5.26 Å². The zero-order valence-electron chi connectivity index (χ0n) is 18.2. The Morgan fingerprint density at radius 2 is 2.00 bits per heavy atom. The van der Waals surface area contributed by atoms with Gasteiger partial charge in [-0.25, -0.2) is 4.98 Å². The van der Waals surface area contributed by atoms with E-state index in [-0.39, 0.29) is 12.7 Å². The molecule has 2 heterocycles. The van der Waals surface area contributed by atoms with Gasteiger partial charge in [-0.3, -0.25) is 4.79 Å². The van der Waals surface area contributed by atoms with E-state index < -0.39 is 5.25 Å². The monoisotopic (exact) mass is 457 g/mol. The molecule has 2 aliphatic rings. The lowest BCUT2D eigenvalue weighted by Gasteiger charge is -2.25. The fourth-order valence-corrected chi connectivity index (χ4v) is 5.16. The Labute approximate surface area is 196 Å². The summed E-state index contributed by atoms with van der Waals surface area (Å²) in [5.41, 5.74) is 4.66. The zero-order chi connectivity index (χ0) is 22.8. The summed E-state index contributed by atoms with van der Waals surface area (Å²) >= 11 is 1.32. The van der Waals surface area contributed by atoms with Gasteiger partial charge in [0.25, 0.3) is 0 Å². The first-order valence-electron chi connectivity index (χ1n) is 11.0. The minimum Gasteiger partial charge on any atom is -0.454 e. The summed E-state index contributed by atoms with van der Waals surface area (Å²) in [5, 5.41) is 12.9. The number of aromatic nitrogens is 1. The van der Waals surface area contributed by atoms with Crippen molar-refractivity contribution in [3.05, 3.63) is 77.0 Å². The summed E-state index contributed by atoms with van der Waals surface area (Å²) in [6.45, 7) is 2.01. The third-order valence-electron chi connectivity index (χ3n) is 6.04. The minimum atomic E-state index is -0.422. The van der Waals surface area contributed by atoms with E-state index in [0.717, 1.165) is 30.5 Å². The summed E-state index contributed by atoms with van der Waals surface area (Å²) in [4.78, 5) is 17.6. The Balaban J connectivity index is 1.29. The molecule has 0 saturated heterocycles. The third kappa shape index (κ3) is 4.53. The number of ether oxygens (including phenoxy) is 2. The molecule has 33 heavy (non-hydrogen) atoms. The summed E-state index contributed by atoms with van der Waals surface area (Å²) in [6, 6.07) is 20.0. The molecule has 0 bridgehead atoms. The van der Waals surface area contributed by atoms with Crippen LogP contribution in [0.3, 0.4) is 0 Å². The van der Waals surface area contributed by atoms with Crippen molar-refractivity contribution in [3.8, 4) is 17.6 Å². The Morgan fingerprint density at radius 1 is 1.18 bits per heavy atom. The molecule has 2 atom stereocenters. The number of anilines is 1. The second kappa shape index (κ2) is 9.16. The number of aryl methyl sites for hydroxylation is 1. The van der Waals surface area contributed by atoms with Crippen molar-refractivity contribution < 1.29 is 14.3 Å². The molecule has 1 aliphatic carbocycles. The minimum absolute atomic E-state index is 0.161. The predicted molar refractivity (Wildman–Crippen MR) is 127 cm³/mol. The molecule has 5 rings (SSSR count). The summed E-state index contributed by atoms with van der Waals surface area (Å²) in [6.07, 6.45) is 2.78. The van der Waals surface area contributed by atoms with Crippen LogP contribution in [0.1, 0.15) is 41.6 Å². The molecule has 166 valence electrons. The number of hydrogen-bond acceptors (Lipinski definition) is 6. The summed E-state index contributed by atoms with van der Waals surface area (Å²) < 4.78 is 10.7. The van der Waals surface area contributed by atoms with Crippen LogP contribution >= 0.6 is 11.8 Å². The first-order chi connectivity index (χ1) is 16.1. The molecule has 1 aromatic heterocycles. The van der Waals surface area contributed by atoms with Crippen LogP contribution < -0.4 is 14.8 Å². The van der Waals surface area contributed by atoms with Gasteiger partial charge in [0.05, 0.1) is 10.8 Å². The van der Waals surface area contributed by atoms with Crippen LogP contribution in [0.25, 0.3) is 0 Å². The number of pyridine rings is 1. The van der Waals surface area contributed by atoms with Gasteiger partial charge in [-0.05, 0) is 61.4 Å². The number of nitrogens with one attached hydrogen (secondary N) is 1. The van der Waals surface area contributed by atoms with Crippen molar-refractivity contribution in [1.29, 1.82) is 5.26 Å². The number of amides is 1. The maximum atomic E-state index is 12.8. The van der Waals surface area contributed by atoms with Gasteiger partial charge < -0.3 is 14.8 Å². The lowest BCUT2D eigenvalue weighted by atomic mass is 9.82. The van der Waals surface area contributed by atoms with Gasteiger partial charge in [-0.15, -0.1) is 0 Å². The topological polar surface area (TPSA) is 84.2 Å². The lowest BCUT2D eigenvalue weighted by Crippen LogP contribution is -2.23. The van der Waals surface area contributed by atoms with E-state index in [2.05, 4.69) is 35.7 Å². The van der Waals surface area contributed by atoms with E-state index in [1.165, 1.54) is 17.3 Å². The van der Waals surface area contributed by atoms with Gasteiger partial charge in [0.1, 0.15) is 11.1 Å². The average molecular weight is 458 g/mol. The van der Waals surface area contributed by atoms with E-state index in [0.29, 0.717) is 33.7 Å². The number of rotatable bonds is 5. The molecule has 2 unspecified atom stereocenters. The van der Waals surface area contributed by atoms with Crippen LogP contribution in [-0.4, -0.2) is 22.9 Å². The molecule has 6 nitrogen and oxygen atoms in total. The van der Waals surface area contributed by atoms with Crippen LogP contribution in [0.4, 0.5) is 5.69 Å². The van der Waals surface area contributed by atoms with Gasteiger partial charge in [0.15, 0.2) is 11.5 Å². The molecule has 7 heteroatoms. The molecule has 2 aromatic carbocycles. The molecule has 1 amide bonds. The third-order valence-corrected chi connectivity index (χ3v) is 7.14. The summed E-state index contributed by atoms with van der Waals surface area (Å²) in [7, 11) is 0. The number of nitriles is 1. The second-order valence-electron chi connectivity index (χ2n) is 8.23. The highest BCUT2D eigenvalue weighted by Gasteiger charge is 2.25. The molecule has 1 N–H and O–H groups in total. The van der Waals surface area contributed by atoms with Crippen LogP contribution in [0, 0.1) is 11.3 Å². The molecular weight excluding hydrogens is 434 g/mol. The zero-order valence-corrected chi connectivity index (χ0v) is 19.0. The maximum Gasteiger partial charge on any atom is 0.237 e. The normalized spacial score (nSPS) is 17.0. The van der Waals surface area contributed by atoms with Gasteiger partial charge >= 0.3 is 0 Å². The molecule has 0 radical (unpaired) electrons. The second-order valence-corrected chi connectivity index (χ2v) is 9.56. The quantitative estimate of drug-likeness (QED) is 0.538. The van der Waals surface area contributed by atoms with Crippen LogP contribution in [0.15, 0.2) is 59.6 Å². The summed E-state index contributed by atoms with van der Waals surface area (Å²) in [5.74, 6) is 1.57. The maximum absolute atomic E-state index is 12.8. The molecule has 0 saturated carbocycles. The first kappa shape index (κ1) is 21.4. The first-order valence-corrected chi connectivity index (χ1v) is 11.8. The Hall–Kier alpha value is -3.50. The van der Waals surface area contributed by atoms with Crippen molar-refractivity contribution in [2.24, 2.45) is 0 Å².